The lowest BCUT2D eigenvalue weighted by atomic mass is 10.3. The van der Waals surface area contributed by atoms with Gasteiger partial charge in [0.15, 0.2) is 0 Å². The number of benzene rings is 1. The second kappa shape index (κ2) is 5.89. The number of halogens is 2. The molecule has 0 aliphatic carbocycles. The highest BCUT2D eigenvalue weighted by Gasteiger charge is 2.09. The van der Waals surface area contributed by atoms with Gasteiger partial charge in [-0.2, -0.15) is 0 Å². The van der Waals surface area contributed by atoms with Crippen molar-refractivity contribution in [3.63, 3.8) is 0 Å². The molecule has 76 valence electrons. The topological polar surface area (TPSA) is 29.1 Å². The second-order valence-corrected chi connectivity index (χ2v) is 3.80. The van der Waals surface area contributed by atoms with Crippen LogP contribution in [0.1, 0.15) is 6.42 Å². The second-order valence-electron chi connectivity index (χ2n) is 2.87. The number of carbonyl (C=O) groups is 1. The van der Waals surface area contributed by atoms with Crippen molar-refractivity contribution in [3.05, 3.63) is 30.3 Å². The first-order valence-corrected chi connectivity index (χ1v) is 5.24. The molecule has 0 fully saturated rings. The Balaban J connectivity index is 2.42. The third-order valence-corrected chi connectivity index (χ3v) is 2.47. The predicted octanol–water partition coefficient (Wildman–Crippen LogP) is 2.86. The van der Waals surface area contributed by atoms with Crippen LogP contribution in [0.15, 0.2) is 30.3 Å². The van der Waals surface area contributed by atoms with Crippen molar-refractivity contribution in [2.45, 2.75) is 11.8 Å². The Morgan fingerprint density at radius 2 is 2.00 bits per heavy atom. The third kappa shape index (κ3) is 3.99. The zero-order valence-electron chi connectivity index (χ0n) is 7.54. The number of hydrogen-bond acceptors (Lipinski definition) is 1. The van der Waals surface area contributed by atoms with Gasteiger partial charge in [0.2, 0.25) is 5.91 Å². The normalized spacial score (nSPS) is 12.1. The van der Waals surface area contributed by atoms with Crippen molar-refractivity contribution in [1.29, 1.82) is 0 Å². The molecule has 1 aromatic carbocycles. The number of para-hydroxylation sites is 1. The van der Waals surface area contributed by atoms with Gasteiger partial charge >= 0.3 is 0 Å². The molecule has 1 atom stereocenters. The molecule has 0 aliphatic rings. The molecule has 1 unspecified atom stereocenters. The van der Waals surface area contributed by atoms with Crippen LogP contribution in [0.25, 0.3) is 0 Å². The van der Waals surface area contributed by atoms with Gasteiger partial charge in [0.25, 0.3) is 0 Å². The Hall–Kier alpha value is -0.730. The highest BCUT2D eigenvalue weighted by atomic mass is 35.5. The summed E-state index contributed by atoms with van der Waals surface area (Å²) in [6, 6.07) is 9.24. The minimum absolute atomic E-state index is 0.114. The summed E-state index contributed by atoms with van der Waals surface area (Å²) in [7, 11) is 0. The summed E-state index contributed by atoms with van der Waals surface area (Å²) in [4.78, 5) is 11.3. The molecule has 0 aromatic heterocycles. The maximum atomic E-state index is 11.3. The summed E-state index contributed by atoms with van der Waals surface area (Å²) in [5.74, 6) is 0.167. The largest absolute Gasteiger partial charge is 0.326 e. The van der Waals surface area contributed by atoms with Gasteiger partial charge in [0.1, 0.15) is 0 Å². The molecule has 1 amide bonds. The maximum Gasteiger partial charge on any atom is 0.225 e. The van der Waals surface area contributed by atoms with Gasteiger partial charge < -0.3 is 5.32 Å². The molecule has 0 aliphatic heterocycles. The van der Waals surface area contributed by atoms with Crippen molar-refractivity contribution in [3.8, 4) is 0 Å². The zero-order valence-corrected chi connectivity index (χ0v) is 9.05. The summed E-state index contributed by atoms with van der Waals surface area (Å²) in [5, 5.41) is 2.42. The molecule has 4 heteroatoms. The number of carbonyl (C=O) groups excluding carboxylic acids is 1. The van der Waals surface area contributed by atoms with Gasteiger partial charge in [0, 0.05) is 18.0 Å². The van der Waals surface area contributed by atoms with Crippen LogP contribution in [0.2, 0.25) is 0 Å². The first-order chi connectivity index (χ1) is 6.72. The Labute approximate surface area is 93.2 Å². The van der Waals surface area contributed by atoms with Crippen molar-refractivity contribution in [1.82, 2.24) is 0 Å². The van der Waals surface area contributed by atoms with Crippen molar-refractivity contribution >= 4 is 34.8 Å². The van der Waals surface area contributed by atoms with Crippen LogP contribution < -0.4 is 5.32 Å². The average Bonchev–Trinajstić information content (AvgIpc) is 2.19. The van der Waals surface area contributed by atoms with E-state index in [1.807, 2.05) is 30.3 Å². The molecule has 0 heterocycles. The minimum Gasteiger partial charge on any atom is -0.326 e. The average molecular weight is 232 g/mol. The molecular formula is C10H11Cl2NO. The fraction of sp³-hybridized carbons (Fsp3) is 0.300. The van der Waals surface area contributed by atoms with Crippen LogP contribution in [-0.4, -0.2) is 17.2 Å². The molecular weight excluding hydrogens is 221 g/mol. The molecule has 0 saturated carbocycles. The lowest BCUT2D eigenvalue weighted by molar-refractivity contribution is -0.116. The van der Waals surface area contributed by atoms with E-state index in [0.717, 1.165) is 5.69 Å². The van der Waals surface area contributed by atoms with E-state index in [1.165, 1.54) is 0 Å². The van der Waals surface area contributed by atoms with Gasteiger partial charge in [-0.1, -0.05) is 18.2 Å². The number of alkyl halides is 2. The molecule has 0 bridgehead atoms. The number of nitrogens with one attached hydrogen (secondary N) is 1. The summed E-state index contributed by atoms with van der Waals surface area (Å²) in [6.45, 7) is 0. The van der Waals surface area contributed by atoms with Crippen LogP contribution in [0.5, 0.6) is 0 Å². The first kappa shape index (κ1) is 11.3. The Kier molecular flexibility index (Phi) is 4.77. The smallest absolute Gasteiger partial charge is 0.225 e. The summed E-state index contributed by atoms with van der Waals surface area (Å²) in [6.07, 6.45) is 0.236. The monoisotopic (exact) mass is 231 g/mol. The minimum atomic E-state index is -0.305. The van der Waals surface area contributed by atoms with E-state index in [2.05, 4.69) is 5.32 Å². The highest BCUT2D eigenvalue weighted by molar-refractivity contribution is 6.29. The van der Waals surface area contributed by atoms with Crippen LogP contribution in [0.3, 0.4) is 0 Å². The quantitative estimate of drug-likeness (QED) is 0.794. The zero-order chi connectivity index (χ0) is 10.4. The standard InChI is InChI=1S/C10H11Cl2NO/c11-7-8(12)6-10(14)13-9-4-2-1-3-5-9/h1-5,8H,6-7H2,(H,13,14). The van der Waals surface area contributed by atoms with Crippen LogP contribution in [-0.2, 0) is 4.79 Å². The van der Waals surface area contributed by atoms with Gasteiger partial charge in [-0.15, -0.1) is 23.2 Å². The summed E-state index contributed by atoms with van der Waals surface area (Å²) in [5.41, 5.74) is 0.774. The van der Waals surface area contributed by atoms with E-state index in [9.17, 15) is 4.79 Å². The number of amides is 1. The lowest BCUT2D eigenvalue weighted by Gasteiger charge is -2.06. The van der Waals surface area contributed by atoms with E-state index >= 15 is 0 Å². The third-order valence-electron chi connectivity index (χ3n) is 1.63. The molecule has 0 spiro atoms. The van der Waals surface area contributed by atoms with Crippen LogP contribution >= 0.6 is 23.2 Å². The van der Waals surface area contributed by atoms with Crippen molar-refractivity contribution in [2.24, 2.45) is 0 Å². The molecule has 0 radical (unpaired) electrons. The number of rotatable bonds is 4. The molecule has 2 nitrogen and oxygen atoms in total. The molecule has 0 saturated heterocycles. The molecule has 1 aromatic rings. The maximum absolute atomic E-state index is 11.3. The van der Waals surface area contributed by atoms with Crippen molar-refractivity contribution in [2.75, 3.05) is 11.2 Å². The van der Waals surface area contributed by atoms with Gasteiger partial charge in [-0.25, -0.2) is 0 Å². The SMILES string of the molecule is O=C(CC(Cl)CCl)Nc1ccccc1. The van der Waals surface area contributed by atoms with Crippen molar-refractivity contribution < 1.29 is 4.79 Å². The van der Waals surface area contributed by atoms with Gasteiger partial charge in [0.05, 0.1) is 5.38 Å². The fourth-order valence-electron chi connectivity index (χ4n) is 0.989. The number of anilines is 1. The van der Waals surface area contributed by atoms with Crippen LogP contribution in [0, 0.1) is 0 Å². The van der Waals surface area contributed by atoms with E-state index in [4.69, 9.17) is 23.2 Å². The molecule has 14 heavy (non-hydrogen) atoms. The Bertz CT molecular complexity index is 289. The number of hydrogen-bond donors (Lipinski definition) is 1. The fourth-order valence-corrected chi connectivity index (χ4v) is 1.24. The lowest BCUT2D eigenvalue weighted by Crippen LogP contribution is -2.17. The predicted molar refractivity (Wildman–Crippen MR) is 60.0 cm³/mol. The molecule has 1 N–H and O–H groups in total. The summed E-state index contributed by atoms with van der Waals surface area (Å²) >= 11 is 11.2. The van der Waals surface area contributed by atoms with Gasteiger partial charge in [-0.3, -0.25) is 4.79 Å². The first-order valence-electron chi connectivity index (χ1n) is 4.27. The summed E-state index contributed by atoms with van der Waals surface area (Å²) < 4.78 is 0. The Morgan fingerprint density at radius 1 is 1.36 bits per heavy atom. The van der Waals surface area contributed by atoms with E-state index in [-0.39, 0.29) is 23.6 Å². The van der Waals surface area contributed by atoms with E-state index < -0.39 is 0 Å². The molecule has 1 rings (SSSR count). The Morgan fingerprint density at radius 3 is 2.57 bits per heavy atom. The van der Waals surface area contributed by atoms with Gasteiger partial charge in [-0.05, 0) is 12.1 Å². The highest BCUT2D eigenvalue weighted by Crippen LogP contribution is 2.09. The van der Waals surface area contributed by atoms with E-state index in [1.54, 1.807) is 0 Å². The van der Waals surface area contributed by atoms with Crippen LogP contribution in [0.4, 0.5) is 5.69 Å². The van der Waals surface area contributed by atoms with E-state index in [0.29, 0.717) is 0 Å².